The number of rotatable bonds is 8. The standard InChI is InChI=1S/C13H18N6O2/c14-13(15)17-8-3-6-11(12(20)21)16-7-1-4-10-5-2-9-18-19-10/h1-2,4-5,7,9,11H,3,6,8H2,(H,20,21)(H4,14,15,17)/b4-1+,16-7?. The summed E-state index contributed by atoms with van der Waals surface area (Å²) in [6.45, 7) is 0.386. The Hall–Kier alpha value is -2.77. The number of aliphatic imine (C=N–C) groups is 2. The number of guanidine groups is 1. The molecule has 8 nitrogen and oxygen atoms in total. The van der Waals surface area contributed by atoms with Gasteiger partial charge in [-0.15, -0.1) is 0 Å². The topological polar surface area (TPSA) is 140 Å². The molecule has 1 heterocycles. The van der Waals surface area contributed by atoms with Gasteiger partial charge in [0.2, 0.25) is 0 Å². The molecule has 1 aromatic rings. The first-order valence-corrected chi connectivity index (χ1v) is 6.35. The fourth-order valence-electron chi connectivity index (χ4n) is 1.45. The van der Waals surface area contributed by atoms with Gasteiger partial charge in [-0.3, -0.25) is 9.98 Å². The molecule has 0 aliphatic carbocycles. The summed E-state index contributed by atoms with van der Waals surface area (Å²) >= 11 is 0. The average Bonchev–Trinajstić information content (AvgIpc) is 2.46. The predicted molar refractivity (Wildman–Crippen MR) is 80.9 cm³/mol. The number of allylic oxidation sites excluding steroid dienone is 1. The van der Waals surface area contributed by atoms with Crippen molar-refractivity contribution in [1.82, 2.24) is 10.2 Å². The Morgan fingerprint density at radius 1 is 1.48 bits per heavy atom. The number of carboxylic acids is 1. The molecule has 21 heavy (non-hydrogen) atoms. The average molecular weight is 290 g/mol. The maximum absolute atomic E-state index is 11.0. The molecular weight excluding hydrogens is 272 g/mol. The molecule has 0 aliphatic rings. The normalized spacial score (nSPS) is 12.6. The fourth-order valence-corrected chi connectivity index (χ4v) is 1.45. The minimum Gasteiger partial charge on any atom is -0.480 e. The SMILES string of the molecule is NC(N)=NCCCC(N=C/C=C/c1cccnn1)C(=O)O. The number of carbonyl (C=O) groups is 1. The Labute approximate surface area is 122 Å². The van der Waals surface area contributed by atoms with E-state index in [0.717, 1.165) is 0 Å². The van der Waals surface area contributed by atoms with Gasteiger partial charge in [0, 0.05) is 19.0 Å². The summed E-state index contributed by atoms with van der Waals surface area (Å²) in [6.07, 6.45) is 7.23. The van der Waals surface area contributed by atoms with Crippen molar-refractivity contribution < 1.29 is 9.90 Å². The Bertz CT molecular complexity index is 523. The van der Waals surface area contributed by atoms with E-state index in [1.807, 2.05) is 0 Å². The highest BCUT2D eigenvalue weighted by atomic mass is 16.4. The van der Waals surface area contributed by atoms with E-state index in [9.17, 15) is 4.79 Å². The molecule has 1 atom stereocenters. The number of hydrogen-bond donors (Lipinski definition) is 3. The van der Waals surface area contributed by atoms with Gasteiger partial charge in [-0.05, 0) is 37.1 Å². The fraction of sp³-hybridized carbons (Fsp3) is 0.308. The molecule has 1 aromatic heterocycles. The van der Waals surface area contributed by atoms with Gasteiger partial charge in [-0.2, -0.15) is 10.2 Å². The highest BCUT2D eigenvalue weighted by molar-refractivity contribution is 5.81. The van der Waals surface area contributed by atoms with E-state index in [2.05, 4.69) is 20.2 Å². The van der Waals surface area contributed by atoms with Gasteiger partial charge >= 0.3 is 5.97 Å². The van der Waals surface area contributed by atoms with Crippen LogP contribution in [0.4, 0.5) is 0 Å². The van der Waals surface area contributed by atoms with Crippen molar-refractivity contribution in [2.75, 3.05) is 6.54 Å². The number of nitrogens with zero attached hydrogens (tertiary/aromatic N) is 4. The second-order valence-electron chi connectivity index (χ2n) is 4.11. The third kappa shape index (κ3) is 7.41. The quantitative estimate of drug-likeness (QED) is 0.351. The van der Waals surface area contributed by atoms with E-state index >= 15 is 0 Å². The molecule has 112 valence electrons. The van der Waals surface area contributed by atoms with Crippen molar-refractivity contribution in [3.63, 3.8) is 0 Å². The monoisotopic (exact) mass is 290 g/mol. The zero-order valence-corrected chi connectivity index (χ0v) is 11.5. The highest BCUT2D eigenvalue weighted by Crippen LogP contribution is 2.03. The highest BCUT2D eigenvalue weighted by Gasteiger charge is 2.13. The van der Waals surface area contributed by atoms with Crippen LogP contribution in [0.3, 0.4) is 0 Å². The first-order chi connectivity index (χ1) is 10.1. The molecule has 8 heteroatoms. The Balaban J connectivity index is 2.46. The maximum atomic E-state index is 11.0. The maximum Gasteiger partial charge on any atom is 0.328 e. The number of aromatic nitrogens is 2. The van der Waals surface area contributed by atoms with E-state index in [-0.39, 0.29) is 5.96 Å². The summed E-state index contributed by atoms with van der Waals surface area (Å²) < 4.78 is 0. The van der Waals surface area contributed by atoms with E-state index in [0.29, 0.717) is 25.1 Å². The lowest BCUT2D eigenvalue weighted by molar-refractivity contribution is -0.138. The van der Waals surface area contributed by atoms with Crippen molar-refractivity contribution in [3.05, 3.63) is 30.1 Å². The van der Waals surface area contributed by atoms with E-state index < -0.39 is 12.0 Å². The molecule has 0 radical (unpaired) electrons. The number of nitrogens with two attached hydrogens (primary N) is 2. The molecule has 0 aliphatic heterocycles. The largest absolute Gasteiger partial charge is 0.480 e. The molecule has 0 amide bonds. The van der Waals surface area contributed by atoms with Crippen LogP contribution in [-0.4, -0.2) is 46.0 Å². The van der Waals surface area contributed by atoms with Crippen LogP contribution >= 0.6 is 0 Å². The summed E-state index contributed by atoms with van der Waals surface area (Å²) in [4.78, 5) is 18.8. The van der Waals surface area contributed by atoms with Gasteiger partial charge in [0.25, 0.3) is 0 Å². The van der Waals surface area contributed by atoms with Crippen LogP contribution in [0.1, 0.15) is 18.5 Å². The van der Waals surface area contributed by atoms with Gasteiger partial charge < -0.3 is 16.6 Å². The lowest BCUT2D eigenvalue weighted by Gasteiger charge is -2.05. The first-order valence-electron chi connectivity index (χ1n) is 6.35. The molecule has 0 bridgehead atoms. The molecule has 5 N–H and O–H groups in total. The van der Waals surface area contributed by atoms with Crippen molar-refractivity contribution in [3.8, 4) is 0 Å². The van der Waals surface area contributed by atoms with Gasteiger partial charge in [0.05, 0.1) is 5.69 Å². The third-order valence-corrected chi connectivity index (χ3v) is 2.43. The van der Waals surface area contributed by atoms with Gasteiger partial charge in [-0.25, -0.2) is 4.79 Å². The molecule has 0 spiro atoms. The molecular formula is C13H18N6O2. The van der Waals surface area contributed by atoms with Crippen LogP contribution in [0.2, 0.25) is 0 Å². The Morgan fingerprint density at radius 2 is 2.29 bits per heavy atom. The van der Waals surface area contributed by atoms with Crippen LogP contribution in [0.15, 0.2) is 34.4 Å². The Kier molecular flexibility index (Phi) is 7.12. The summed E-state index contributed by atoms with van der Waals surface area (Å²) in [5.41, 5.74) is 11.0. The molecule has 1 rings (SSSR count). The summed E-state index contributed by atoms with van der Waals surface area (Å²) in [5.74, 6) is -0.985. The van der Waals surface area contributed by atoms with E-state index in [1.165, 1.54) is 6.21 Å². The summed E-state index contributed by atoms with van der Waals surface area (Å²) in [7, 11) is 0. The second kappa shape index (κ2) is 9.18. The zero-order valence-electron chi connectivity index (χ0n) is 11.5. The van der Waals surface area contributed by atoms with E-state index in [4.69, 9.17) is 16.6 Å². The van der Waals surface area contributed by atoms with Crippen molar-refractivity contribution in [2.24, 2.45) is 21.5 Å². The molecule has 0 aromatic carbocycles. The summed E-state index contributed by atoms with van der Waals surface area (Å²) in [5, 5.41) is 16.6. The number of aliphatic carboxylic acids is 1. The number of hydrogen-bond acceptors (Lipinski definition) is 5. The van der Waals surface area contributed by atoms with Crippen molar-refractivity contribution in [2.45, 2.75) is 18.9 Å². The van der Waals surface area contributed by atoms with Gasteiger partial charge in [0.15, 0.2) is 5.96 Å². The van der Waals surface area contributed by atoms with Gasteiger partial charge in [-0.1, -0.05) is 0 Å². The number of carboxylic acid groups (broad SMARTS) is 1. The molecule has 0 saturated carbocycles. The predicted octanol–water partition coefficient (Wildman–Crippen LogP) is 0.0674. The first kappa shape index (κ1) is 16.3. The third-order valence-electron chi connectivity index (χ3n) is 2.43. The Morgan fingerprint density at radius 3 is 2.90 bits per heavy atom. The summed E-state index contributed by atoms with van der Waals surface area (Å²) in [6, 6.07) is 2.72. The van der Waals surface area contributed by atoms with Crippen molar-refractivity contribution in [1.29, 1.82) is 0 Å². The minimum atomic E-state index is -0.983. The van der Waals surface area contributed by atoms with Crippen LogP contribution in [0.25, 0.3) is 6.08 Å². The molecule has 0 fully saturated rings. The molecule has 1 unspecified atom stereocenters. The van der Waals surface area contributed by atoms with Crippen molar-refractivity contribution >= 4 is 24.2 Å². The smallest absolute Gasteiger partial charge is 0.328 e. The van der Waals surface area contributed by atoms with Crippen LogP contribution in [-0.2, 0) is 4.79 Å². The van der Waals surface area contributed by atoms with Crippen LogP contribution < -0.4 is 11.5 Å². The lowest BCUT2D eigenvalue weighted by atomic mass is 10.1. The lowest BCUT2D eigenvalue weighted by Crippen LogP contribution is -2.23. The van der Waals surface area contributed by atoms with Crippen LogP contribution in [0, 0.1) is 0 Å². The van der Waals surface area contributed by atoms with Crippen LogP contribution in [0.5, 0.6) is 0 Å². The molecule has 0 saturated heterocycles. The second-order valence-corrected chi connectivity index (χ2v) is 4.11. The zero-order chi connectivity index (χ0) is 15.5. The van der Waals surface area contributed by atoms with Gasteiger partial charge in [0.1, 0.15) is 6.04 Å². The van der Waals surface area contributed by atoms with E-state index in [1.54, 1.807) is 30.5 Å². The minimum absolute atomic E-state index is 0.00252.